The number of rotatable bonds is 4. The number of hydrogen-bond donors (Lipinski definition) is 1. The number of benzene rings is 1. The lowest BCUT2D eigenvalue weighted by Gasteiger charge is -2.08. The largest absolute Gasteiger partial charge is 0.479 e. The van der Waals surface area contributed by atoms with Crippen molar-refractivity contribution in [1.29, 1.82) is 0 Å². The van der Waals surface area contributed by atoms with Gasteiger partial charge in [0.1, 0.15) is 0 Å². The van der Waals surface area contributed by atoms with Crippen LogP contribution in [0.25, 0.3) is 5.69 Å². The van der Waals surface area contributed by atoms with E-state index in [2.05, 4.69) is 5.10 Å². The summed E-state index contributed by atoms with van der Waals surface area (Å²) in [7, 11) is 0. The second-order valence-corrected chi connectivity index (χ2v) is 4.32. The zero-order valence-electron chi connectivity index (χ0n) is 10.3. The molecule has 1 aromatic heterocycles. The number of carbonyl (C=O) groups is 1. The van der Waals surface area contributed by atoms with E-state index in [-0.39, 0.29) is 16.6 Å². The van der Waals surface area contributed by atoms with Crippen molar-refractivity contribution in [3.05, 3.63) is 41.0 Å². The fourth-order valence-electron chi connectivity index (χ4n) is 1.54. The highest BCUT2D eigenvalue weighted by atomic mass is 35.5. The van der Waals surface area contributed by atoms with Gasteiger partial charge in [0.25, 0.3) is 0 Å². The third-order valence-electron chi connectivity index (χ3n) is 2.39. The van der Waals surface area contributed by atoms with Crippen LogP contribution >= 0.6 is 11.6 Å². The Morgan fingerprint density at radius 3 is 2.62 bits per heavy atom. The summed E-state index contributed by atoms with van der Waals surface area (Å²) < 4.78 is 43.8. The van der Waals surface area contributed by atoms with Crippen LogP contribution in [0.15, 0.2) is 30.3 Å². The molecule has 0 saturated heterocycles. The van der Waals surface area contributed by atoms with Crippen molar-refractivity contribution in [2.45, 2.75) is 6.18 Å². The topological polar surface area (TPSA) is 64.3 Å². The standard InChI is InChI=1S/C12H8ClF3N2O3/c13-7-3-1-2-4-8(7)18-10(21-6-11(19)20)5-9(17-18)12(14,15)16/h1-5H,6H2,(H,19,20). The summed E-state index contributed by atoms with van der Waals surface area (Å²) in [5.41, 5.74) is -1.06. The molecule has 0 atom stereocenters. The Labute approximate surface area is 121 Å². The van der Waals surface area contributed by atoms with Crippen molar-refractivity contribution in [3.63, 3.8) is 0 Å². The van der Waals surface area contributed by atoms with Crippen LogP contribution in [0.1, 0.15) is 5.69 Å². The molecule has 0 aliphatic rings. The van der Waals surface area contributed by atoms with Crippen molar-refractivity contribution in [3.8, 4) is 11.6 Å². The molecule has 9 heteroatoms. The van der Waals surface area contributed by atoms with E-state index in [0.29, 0.717) is 6.07 Å². The minimum Gasteiger partial charge on any atom is -0.479 e. The lowest BCUT2D eigenvalue weighted by atomic mass is 10.3. The highest BCUT2D eigenvalue weighted by Gasteiger charge is 2.35. The molecule has 1 N–H and O–H groups in total. The van der Waals surface area contributed by atoms with E-state index in [1.54, 1.807) is 12.1 Å². The minimum atomic E-state index is -4.69. The Hall–Kier alpha value is -2.22. The van der Waals surface area contributed by atoms with E-state index in [0.717, 1.165) is 4.68 Å². The molecule has 5 nitrogen and oxygen atoms in total. The molecule has 1 heterocycles. The number of carboxylic acids is 1. The van der Waals surface area contributed by atoms with Gasteiger partial charge in [0.15, 0.2) is 12.3 Å². The molecule has 112 valence electrons. The number of aromatic nitrogens is 2. The Kier molecular flexibility index (Phi) is 4.08. The lowest BCUT2D eigenvalue weighted by Crippen LogP contribution is -2.12. The fourth-order valence-corrected chi connectivity index (χ4v) is 1.75. The molecule has 2 rings (SSSR count). The molecule has 1 aromatic carbocycles. The van der Waals surface area contributed by atoms with Gasteiger partial charge in [-0.2, -0.15) is 23.0 Å². The molecule has 2 aromatic rings. The van der Waals surface area contributed by atoms with Gasteiger partial charge in [-0.3, -0.25) is 0 Å². The number of aliphatic carboxylic acids is 1. The van der Waals surface area contributed by atoms with Crippen LogP contribution in [0, 0.1) is 0 Å². The number of carboxylic acid groups (broad SMARTS) is 1. The maximum Gasteiger partial charge on any atom is 0.435 e. The predicted molar refractivity (Wildman–Crippen MR) is 66.7 cm³/mol. The molecular formula is C12H8ClF3N2O3. The molecule has 0 fully saturated rings. The van der Waals surface area contributed by atoms with Crippen molar-refractivity contribution < 1.29 is 27.8 Å². The first kappa shape index (κ1) is 15.2. The Balaban J connectivity index is 2.49. The van der Waals surface area contributed by atoms with Crippen molar-refractivity contribution in [2.24, 2.45) is 0 Å². The normalized spacial score (nSPS) is 11.4. The third-order valence-corrected chi connectivity index (χ3v) is 2.71. The van der Waals surface area contributed by atoms with Gasteiger partial charge in [-0.05, 0) is 12.1 Å². The van der Waals surface area contributed by atoms with E-state index in [4.69, 9.17) is 21.4 Å². The summed E-state index contributed by atoms with van der Waals surface area (Å²) in [4.78, 5) is 10.5. The summed E-state index contributed by atoms with van der Waals surface area (Å²) in [5.74, 6) is -1.69. The lowest BCUT2D eigenvalue weighted by molar-refractivity contribution is -0.141. The number of ether oxygens (including phenoxy) is 1. The molecule has 0 aliphatic carbocycles. The third kappa shape index (κ3) is 3.46. The van der Waals surface area contributed by atoms with Gasteiger partial charge in [-0.15, -0.1) is 0 Å². The molecule has 0 saturated carbocycles. The zero-order chi connectivity index (χ0) is 15.6. The smallest absolute Gasteiger partial charge is 0.435 e. The van der Waals surface area contributed by atoms with E-state index in [9.17, 15) is 18.0 Å². The fraction of sp³-hybridized carbons (Fsp3) is 0.167. The molecule has 21 heavy (non-hydrogen) atoms. The van der Waals surface area contributed by atoms with Gasteiger partial charge in [0.2, 0.25) is 5.88 Å². The van der Waals surface area contributed by atoms with Crippen molar-refractivity contribution in [1.82, 2.24) is 9.78 Å². The number of halogens is 4. The highest BCUT2D eigenvalue weighted by molar-refractivity contribution is 6.32. The van der Waals surface area contributed by atoms with Gasteiger partial charge in [0.05, 0.1) is 10.7 Å². The summed E-state index contributed by atoms with van der Waals surface area (Å²) in [6.45, 7) is -0.798. The maximum absolute atomic E-state index is 12.7. The zero-order valence-corrected chi connectivity index (χ0v) is 11.0. The molecule has 0 aliphatic heterocycles. The molecule has 0 spiro atoms. The molecule has 0 unspecified atom stereocenters. The first-order chi connectivity index (χ1) is 9.79. The van der Waals surface area contributed by atoms with Gasteiger partial charge in [-0.1, -0.05) is 23.7 Å². The Morgan fingerprint density at radius 2 is 2.05 bits per heavy atom. The number of hydrogen-bond acceptors (Lipinski definition) is 3. The van der Waals surface area contributed by atoms with Crippen molar-refractivity contribution in [2.75, 3.05) is 6.61 Å². The average Bonchev–Trinajstić information content (AvgIpc) is 2.80. The summed E-state index contributed by atoms with van der Waals surface area (Å²) in [5, 5.41) is 12.1. The van der Waals surface area contributed by atoms with E-state index in [1.165, 1.54) is 12.1 Å². The Morgan fingerprint density at radius 1 is 1.38 bits per heavy atom. The Bertz CT molecular complexity index is 670. The molecule has 0 bridgehead atoms. The predicted octanol–water partition coefficient (Wildman–Crippen LogP) is 3.01. The number of nitrogens with zero attached hydrogens (tertiary/aromatic N) is 2. The van der Waals surface area contributed by atoms with E-state index in [1.807, 2.05) is 0 Å². The number of para-hydroxylation sites is 1. The van der Waals surface area contributed by atoms with Crippen LogP contribution < -0.4 is 4.74 Å². The molecular weight excluding hydrogens is 313 g/mol. The molecule has 0 radical (unpaired) electrons. The van der Waals surface area contributed by atoms with Crippen molar-refractivity contribution >= 4 is 17.6 Å². The maximum atomic E-state index is 12.7. The van der Waals surface area contributed by atoms with Crippen LogP contribution in [0.4, 0.5) is 13.2 Å². The van der Waals surface area contributed by atoms with Gasteiger partial charge in [0, 0.05) is 6.07 Å². The van der Waals surface area contributed by atoms with Crippen LogP contribution in [0.5, 0.6) is 5.88 Å². The van der Waals surface area contributed by atoms with Crippen LogP contribution in [-0.2, 0) is 11.0 Å². The van der Waals surface area contributed by atoms with E-state index < -0.39 is 24.4 Å². The highest BCUT2D eigenvalue weighted by Crippen LogP contribution is 2.33. The quantitative estimate of drug-likeness (QED) is 0.940. The van der Waals surface area contributed by atoms with E-state index >= 15 is 0 Å². The van der Waals surface area contributed by atoms with Crippen LogP contribution in [-0.4, -0.2) is 27.5 Å². The second-order valence-electron chi connectivity index (χ2n) is 3.91. The second kappa shape index (κ2) is 5.65. The summed E-state index contributed by atoms with van der Waals surface area (Å²) >= 11 is 5.90. The average molecular weight is 321 g/mol. The first-order valence-electron chi connectivity index (χ1n) is 5.56. The number of alkyl halides is 3. The van der Waals surface area contributed by atoms with Gasteiger partial charge in [-0.25, -0.2) is 4.79 Å². The van der Waals surface area contributed by atoms with Crippen LogP contribution in [0.2, 0.25) is 5.02 Å². The SMILES string of the molecule is O=C(O)COc1cc(C(F)(F)F)nn1-c1ccccc1Cl. The van der Waals surface area contributed by atoms with Gasteiger partial charge < -0.3 is 9.84 Å². The molecule has 0 amide bonds. The first-order valence-corrected chi connectivity index (χ1v) is 5.93. The summed E-state index contributed by atoms with van der Waals surface area (Å²) in [6, 6.07) is 6.66. The summed E-state index contributed by atoms with van der Waals surface area (Å²) in [6.07, 6.45) is -4.69. The van der Waals surface area contributed by atoms with Crippen LogP contribution in [0.3, 0.4) is 0 Å². The minimum absolute atomic E-state index is 0.148. The monoisotopic (exact) mass is 320 g/mol. The van der Waals surface area contributed by atoms with Gasteiger partial charge >= 0.3 is 12.1 Å².